The van der Waals surface area contributed by atoms with Gasteiger partial charge in [0.2, 0.25) is 0 Å². The van der Waals surface area contributed by atoms with E-state index in [-0.39, 0.29) is 6.61 Å². The third-order valence-electron chi connectivity index (χ3n) is 3.48. The number of fused-ring (bicyclic) bond motifs is 1. The molecule has 0 bridgehead atoms. The fourth-order valence-electron chi connectivity index (χ4n) is 2.27. The first-order valence-corrected chi connectivity index (χ1v) is 7.73. The van der Waals surface area contributed by atoms with Gasteiger partial charge in [0.05, 0.1) is 12.1 Å². The molecule has 2 nitrogen and oxygen atoms in total. The second-order valence-corrected chi connectivity index (χ2v) is 6.21. The van der Waals surface area contributed by atoms with Crippen LogP contribution in [0, 0.1) is 13.8 Å². The van der Waals surface area contributed by atoms with Crippen LogP contribution in [-0.4, -0.2) is 10.1 Å². The van der Waals surface area contributed by atoms with Gasteiger partial charge in [0, 0.05) is 15.8 Å². The molecule has 0 unspecified atom stereocenters. The Kier molecular flexibility index (Phi) is 3.95. The van der Waals surface area contributed by atoms with Crippen molar-refractivity contribution in [3.8, 4) is 0 Å². The molecule has 0 aliphatic rings. The van der Waals surface area contributed by atoms with Gasteiger partial charge in [-0.3, -0.25) is 0 Å². The molecule has 0 saturated carbocycles. The smallest absolute Gasteiger partial charge is 0.107 e. The van der Waals surface area contributed by atoms with E-state index < -0.39 is 0 Å². The van der Waals surface area contributed by atoms with Crippen molar-refractivity contribution >= 4 is 22.7 Å². The first-order chi connectivity index (χ1) is 10.2. The van der Waals surface area contributed by atoms with Crippen LogP contribution >= 0.6 is 11.8 Å². The minimum absolute atomic E-state index is 0.00499. The first kappa shape index (κ1) is 14.1. The Bertz CT molecular complexity index is 798. The lowest BCUT2D eigenvalue weighted by Crippen LogP contribution is -1.93. The summed E-state index contributed by atoms with van der Waals surface area (Å²) in [5, 5.41) is 11.6. The number of nitrogens with zero attached hydrogens (tertiary/aromatic N) is 1. The average Bonchev–Trinajstić information content (AvgIpc) is 2.50. The van der Waals surface area contributed by atoms with Crippen LogP contribution < -0.4 is 0 Å². The molecular weight excluding hydrogens is 278 g/mol. The maximum atomic E-state index is 9.63. The van der Waals surface area contributed by atoms with E-state index in [1.807, 2.05) is 30.3 Å². The summed E-state index contributed by atoms with van der Waals surface area (Å²) in [5.74, 6) is 0. The highest BCUT2D eigenvalue weighted by molar-refractivity contribution is 7.99. The molecule has 21 heavy (non-hydrogen) atoms. The zero-order chi connectivity index (χ0) is 14.8. The quantitative estimate of drug-likeness (QED) is 0.772. The summed E-state index contributed by atoms with van der Waals surface area (Å²) < 4.78 is 0. The van der Waals surface area contributed by atoms with Crippen LogP contribution in [0.5, 0.6) is 0 Å². The van der Waals surface area contributed by atoms with Gasteiger partial charge >= 0.3 is 0 Å². The van der Waals surface area contributed by atoms with Crippen molar-refractivity contribution in [2.45, 2.75) is 30.4 Å². The molecule has 3 heteroatoms. The lowest BCUT2D eigenvalue weighted by molar-refractivity contribution is 0.278. The van der Waals surface area contributed by atoms with E-state index in [0.717, 1.165) is 21.5 Å². The standard InChI is InChI=1S/C18H17NOS/c1-12-7-8-13(2)17(9-12)21-18-15(11-20)10-14-5-3-4-6-16(14)19-18/h3-10,20H,11H2,1-2H3. The number of benzene rings is 2. The summed E-state index contributed by atoms with van der Waals surface area (Å²) >= 11 is 1.62. The number of rotatable bonds is 3. The van der Waals surface area contributed by atoms with Crippen LogP contribution in [-0.2, 0) is 6.61 Å². The van der Waals surface area contributed by atoms with Gasteiger partial charge in [-0.25, -0.2) is 4.98 Å². The Morgan fingerprint density at radius 1 is 1.05 bits per heavy atom. The SMILES string of the molecule is Cc1ccc(C)c(Sc2nc3ccccc3cc2CO)c1. The van der Waals surface area contributed by atoms with Gasteiger partial charge in [-0.05, 0) is 43.2 Å². The minimum atomic E-state index is 0.00499. The molecule has 0 atom stereocenters. The Hall–Kier alpha value is -1.84. The highest BCUT2D eigenvalue weighted by atomic mass is 32.2. The van der Waals surface area contributed by atoms with Gasteiger partial charge in [-0.15, -0.1) is 0 Å². The van der Waals surface area contributed by atoms with E-state index in [1.165, 1.54) is 16.0 Å². The molecule has 1 aromatic heterocycles. The van der Waals surface area contributed by atoms with Gasteiger partial charge in [-0.2, -0.15) is 0 Å². The van der Waals surface area contributed by atoms with Crippen LogP contribution in [0.3, 0.4) is 0 Å². The van der Waals surface area contributed by atoms with Gasteiger partial charge in [0.1, 0.15) is 5.03 Å². The van der Waals surface area contributed by atoms with Gasteiger partial charge in [0.25, 0.3) is 0 Å². The van der Waals surface area contributed by atoms with Crippen molar-refractivity contribution in [2.75, 3.05) is 0 Å². The maximum Gasteiger partial charge on any atom is 0.107 e. The maximum absolute atomic E-state index is 9.63. The predicted octanol–water partition coefficient (Wildman–Crippen LogP) is 4.50. The summed E-state index contributed by atoms with van der Waals surface area (Å²) in [6, 6.07) is 16.4. The number of hydrogen-bond acceptors (Lipinski definition) is 3. The predicted molar refractivity (Wildman–Crippen MR) is 87.7 cm³/mol. The van der Waals surface area contributed by atoms with Crippen LogP contribution in [0.4, 0.5) is 0 Å². The van der Waals surface area contributed by atoms with Gasteiger partial charge in [-0.1, -0.05) is 42.1 Å². The lowest BCUT2D eigenvalue weighted by Gasteiger charge is -2.10. The molecule has 2 aromatic carbocycles. The molecule has 0 fully saturated rings. The molecule has 1 heterocycles. The number of pyridine rings is 1. The molecule has 0 aliphatic carbocycles. The fraction of sp³-hybridized carbons (Fsp3) is 0.167. The second-order valence-electron chi connectivity index (χ2n) is 5.17. The number of aromatic nitrogens is 1. The number of aryl methyl sites for hydroxylation is 2. The third-order valence-corrected chi connectivity index (χ3v) is 4.69. The van der Waals surface area contributed by atoms with E-state index >= 15 is 0 Å². The molecule has 106 valence electrons. The summed E-state index contributed by atoms with van der Waals surface area (Å²) in [6.45, 7) is 4.19. The Morgan fingerprint density at radius 3 is 2.67 bits per heavy atom. The second kappa shape index (κ2) is 5.88. The van der Waals surface area contributed by atoms with Crippen LogP contribution in [0.2, 0.25) is 0 Å². The van der Waals surface area contributed by atoms with Crippen molar-refractivity contribution in [1.29, 1.82) is 0 Å². The van der Waals surface area contributed by atoms with Crippen LogP contribution in [0.15, 0.2) is 58.5 Å². The molecule has 3 aromatic rings. The topological polar surface area (TPSA) is 33.1 Å². The van der Waals surface area contributed by atoms with Crippen molar-refractivity contribution in [3.63, 3.8) is 0 Å². The molecule has 0 saturated heterocycles. The molecule has 0 spiro atoms. The van der Waals surface area contributed by atoms with Crippen LogP contribution in [0.25, 0.3) is 10.9 Å². The van der Waals surface area contributed by atoms with E-state index in [9.17, 15) is 5.11 Å². The number of aliphatic hydroxyl groups is 1. The average molecular weight is 295 g/mol. The zero-order valence-corrected chi connectivity index (χ0v) is 12.9. The summed E-state index contributed by atoms with van der Waals surface area (Å²) in [7, 11) is 0. The van der Waals surface area contributed by atoms with Gasteiger partial charge < -0.3 is 5.11 Å². The largest absolute Gasteiger partial charge is 0.392 e. The molecule has 0 amide bonds. The Labute approximate surface area is 128 Å². The molecule has 0 radical (unpaired) electrons. The van der Waals surface area contributed by atoms with E-state index in [1.54, 1.807) is 11.8 Å². The lowest BCUT2D eigenvalue weighted by atomic mass is 10.2. The monoisotopic (exact) mass is 295 g/mol. The van der Waals surface area contributed by atoms with Crippen molar-refractivity contribution < 1.29 is 5.11 Å². The Morgan fingerprint density at radius 2 is 1.86 bits per heavy atom. The van der Waals surface area contributed by atoms with Crippen LogP contribution in [0.1, 0.15) is 16.7 Å². The highest BCUT2D eigenvalue weighted by Gasteiger charge is 2.10. The Balaban J connectivity index is 2.08. The van der Waals surface area contributed by atoms with E-state index in [2.05, 4.69) is 32.0 Å². The van der Waals surface area contributed by atoms with E-state index in [4.69, 9.17) is 4.98 Å². The molecule has 1 N–H and O–H groups in total. The highest BCUT2D eigenvalue weighted by Crippen LogP contribution is 2.33. The van der Waals surface area contributed by atoms with Crippen molar-refractivity contribution in [2.24, 2.45) is 0 Å². The van der Waals surface area contributed by atoms with Gasteiger partial charge in [0.15, 0.2) is 0 Å². The normalized spacial score (nSPS) is 11.0. The third kappa shape index (κ3) is 2.94. The molecule has 0 aliphatic heterocycles. The molecular formula is C18H17NOS. The summed E-state index contributed by atoms with van der Waals surface area (Å²) in [4.78, 5) is 5.90. The zero-order valence-electron chi connectivity index (χ0n) is 12.1. The summed E-state index contributed by atoms with van der Waals surface area (Å²) in [6.07, 6.45) is 0. The number of hydrogen-bond donors (Lipinski definition) is 1. The van der Waals surface area contributed by atoms with E-state index in [0.29, 0.717) is 0 Å². The minimum Gasteiger partial charge on any atom is -0.392 e. The molecule has 3 rings (SSSR count). The van der Waals surface area contributed by atoms with Crippen molar-refractivity contribution in [3.05, 3.63) is 65.2 Å². The van der Waals surface area contributed by atoms with Crippen molar-refractivity contribution in [1.82, 2.24) is 4.98 Å². The summed E-state index contributed by atoms with van der Waals surface area (Å²) in [5.41, 5.74) is 4.29. The number of aliphatic hydroxyl groups excluding tert-OH is 1. The first-order valence-electron chi connectivity index (χ1n) is 6.92. The fourth-order valence-corrected chi connectivity index (χ4v) is 3.35. The number of para-hydroxylation sites is 1.